The lowest BCUT2D eigenvalue weighted by Crippen LogP contribution is -2.55. The number of methoxy groups -OCH3 is 1. The van der Waals surface area contributed by atoms with Crippen LogP contribution in [0.15, 0.2) is 48.5 Å². The molecule has 0 saturated carbocycles. The molecule has 0 unspecified atom stereocenters. The first-order valence-electron chi connectivity index (χ1n) is 9.54. The largest absolute Gasteiger partial charge is 0.394 e. The second-order valence-corrected chi connectivity index (χ2v) is 7.01. The lowest BCUT2D eigenvalue weighted by atomic mass is 9.91. The van der Waals surface area contributed by atoms with E-state index in [0.29, 0.717) is 17.7 Å². The van der Waals surface area contributed by atoms with Crippen LogP contribution in [0, 0.1) is 23.7 Å². The summed E-state index contributed by atoms with van der Waals surface area (Å²) < 4.78 is 10.7. The van der Waals surface area contributed by atoms with Gasteiger partial charge in [0.25, 0.3) is 0 Å². The van der Waals surface area contributed by atoms with Gasteiger partial charge in [-0.05, 0) is 47.2 Å². The smallest absolute Gasteiger partial charge is 0.113 e. The SMILES string of the molecule is COCc1cccc(C#CC#Cc2cccc([C@H]3O[C@H](CO)[C@@H](O)[C@H](O)[C@@H]3O)c2)c1. The molecule has 2 aromatic rings. The Kier molecular flexibility index (Phi) is 7.62. The third-order valence-electron chi connectivity index (χ3n) is 4.82. The van der Waals surface area contributed by atoms with E-state index in [-0.39, 0.29) is 0 Å². The molecule has 1 aliphatic heterocycles. The van der Waals surface area contributed by atoms with Crippen LogP contribution in [0.5, 0.6) is 0 Å². The molecule has 1 fully saturated rings. The molecule has 0 radical (unpaired) electrons. The fourth-order valence-corrected chi connectivity index (χ4v) is 3.28. The highest BCUT2D eigenvalue weighted by Gasteiger charge is 2.43. The monoisotopic (exact) mass is 408 g/mol. The maximum atomic E-state index is 10.3. The number of hydrogen-bond acceptors (Lipinski definition) is 6. The molecule has 6 nitrogen and oxygen atoms in total. The first kappa shape index (κ1) is 22.0. The van der Waals surface area contributed by atoms with Crippen molar-refractivity contribution >= 4 is 0 Å². The van der Waals surface area contributed by atoms with Crippen molar-refractivity contribution in [2.24, 2.45) is 0 Å². The van der Waals surface area contributed by atoms with Crippen LogP contribution in [-0.2, 0) is 16.1 Å². The molecule has 1 heterocycles. The highest BCUT2D eigenvalue weighted by Crippen LogP contribution is 2.32. The van der Waals surface area contributed by atoms with E-state index in [1.165, 1.54) is 0 Å². The van der Waals surface area contributed by atoms with Crippen molar-refractivity contribution in [1.29, 1.82) is 0 Å². The third-order valence-corrected chi connectivity index (χ3v) is 4.82. The summed E-state index contributed by atoms with van der Waals surface area (Å²) in [5.74, 6) is 11.6. The van der Waals surface area contributed by atoms with Gasteiger partial charge in [0.1, 0.15) is 30.5 Å². The maximum absolute atomic E-state index is 10.3. The Hall–Kier alpha value is -2.68. The molecule has 5 atom stereocenters. The summed E-state index contributed by atoms with van der Waals surface area (Å²) in [6.07, 6.45) is -5.98. The molecule has 1 aliphatic rings. The Bertz CT molecular complexity index is 978. The normalized spacial score (nSPS) is 25.6. The molecule has 0 aromatic heterocycles. The molecule has 6 heteroatoms. The maximum Gasteiger partial charge on any atom is 0.113 e. The van der Waals surface area contributed by atoms with Gasteiger partial charge in [-0.1, -0.05) is 36.1 Å². The highest BCUT2D eigenvalue weighted by atomic mass is 16.5. The predicted octanol–water partition coefficient (Wildman–Crippen LogP) is 0.751. The molecule has 0 bridgehead atoms. The second kappa shape index (κ2) is 10.4. The molecule has 4 N–H and O–H groups in total. The molecule has 156 valence electrons. The molecular weight excluding hydrogens is 384 g/mol. The van der Waals surface area contributed by atoms with Crippen LogP contribution in [0.4, 0.5) is 0 Å². The van der Waals surface area contributed by atoms with Gasteiger partial charge in [0.05, 0.1) is 13.2 Å². The van der Waals surface area contributed by atoms with Gasteiger partial charge in [-0.25, -0.2) is 0 Å². The van der Waals surface area contributed by atoms with Crippen LogP contribution in [0.2, 0.25) is 0 Å². The molecule has 0 amide bonds. The zero-order valence-electron chi connectivity index (χ0n) is 16.5. The summed E-state index contributed by atoms with van der Waals surface area (Å²) >= 11 is 0. The van der Waals surface area contributed by atoms with Crippen molar-refractivity contribution in [1.82, 2.24) is 0 Å². The molecule has 1 saturated heterocycles. The standard InChI is InChI=1S/C24H24O6/c1-29-15-18-10-4-8-16(12-18)6-2-3-7-17-9-5-11-19(13-17)24-23(28)22(27)21(26)20(14-25)30-24/h4-5,8-13,20-28H,14-15H2,1H3/t20-,21-,22+,23+,24-/m1/s1. The molecule has 2 aromatic carbocycles. The van der Waals surface area contributed by atoms with Crippen LogP contribution < -0.4 is 0 Å². The first-order chi connectivity index (χ1) is 14.5. The quantitative estimate of drug-likeness (QED) is 0.558. The van der Waals surface area contributed by atoms with E-state index in [2.05, 4.69) is 23.7 Å². The van der Waals surface area contributed by atoms with Crippen LogP contribution >= 0.6 is 0 Å². The van der Waals surface area contributed by atoms with Gasteiger partial charge >= 0.3 is 0 Å². The fourth-order valence-electron chi connectivity index (χ4n) is 3.28. The van der Waals surface area contributed by atoms with E-state index in [4.69, 9.17) is 9.47 Å². The summed E-state index contributed by atoms with van der Waals surface area (Å²) in [4.78, 5) is 0. The molecule has 30 heavy (non-hydrogen) atoms. The van der Waals surface area contributed by atoms with E-state index < -0.39 is 37.1 Å². The zero-order chi connectivity index (χ0) is 21.5. The molecular formula is C24H24O6. The minimum absolute atomic E-state index is 0.470. The van der Waals surface area contributed by atoms with Gasteiger partial charge in [-0.2, -0.15) is 0 Å². The Morgan fingerprint density at radius 1 is 0.900 bits per heavy atom. The van der Waals surface area contributed by atoms with E-state index in [1.807, 2.05) is 24.3 Å². The number of benzene rings is 2. The summed E-state index contributed by atoms with van der Waals surface area (Å²) in [6.45, 7) is 0.0497. The average Bonchev–Trinajstić information content (AvgIpc) is 2.76. The van der Waals surface area contributed by atoms with E-state index in [9.17, 15) is 20.4 Å². The third kappa shape index (κ3) is 5.27. The van der Waals surface area contributed by atoms with Crippen LogP contribution in [0.3, 0.4) is 0 Å². The summed E-state index contributed by atoms with van der Waals surface area (Å²) in [6, 6.07) is 14.7. The Balaban J connectivity index is 1.75. The highest BCUT2D eigenvalue weighted by molar-refractivity contribution is 5.46. The Morgan fingerprint density at radius 2 is 1.57 bits per heavy atom. The van der Waals surface area contributed by atoms with Gasteiger partial charge in [0, 0.05) is 18.2 Å². The number of aliphatic hydroxyl groups is 4. The average molecular weight is 408 g/mol. The fraction of sp³-hybridized carbons (Fsp3) is 0.333. The van der Waals surface area contributed by atoms with E-state index >= 15 is 0 Å². The Labute approximate surface area is 175 Å². The number of hydrogen-bond donors (Lipinski definition) is 4. The summed E-state index contributed by atoms with van der Waals surface area (Å²) in [5.41, 5.74) is 3.12. The van der Waals surface area contributed by atoms with Crippen molar-refractivity contribution in [3.8, 4) is 23.7 Å². The lowest BCUT2D eigenvalue weighted by Gasteiger charge is -2.40. The second-order valence-electron chi connectivity index (χ2n) is 7.01. The van der Waals surface area contributed by atoms with Crippen LogP contribution in [-0.4, -0.2) is 58.6 Å². The van der Waals surface area contributed by atoms with Crippen molar-refractivity contribution in [3.63, 3.8) is 0 Å². The van der Waals surface area contributed by atoms with Crippen molar-refractivity contribution in [2.75, 3.05) is 13.7 Å². The molecule has 0 aliphatic carbocycles. The summed E-state index contributed by atoms with van der Waals surface area (Å²) in [5, 5.41) is 39.5. The topological polar surface area (TPSA) is 99.4 Å². The Morgan fingerprint density at radius 3 is 2.23 bits per heavy atom. The van der Waals surface area contributed by atoms with Crippen molar-refractivity contribution in [3.05, 3.63) is 70.8 Å². The molecule has 0 spiro atoms. The van der Waals surface area contributed by atoms with Crippen LogP contribution in [0.1, 0.15) is 28.4 Å². The number of ether oxygens (including phenoxy) is 2. The zero-order valence-corrected chi connectivity index (χ0v) is 16.5. The number of aliphatic hydroxyl groups excluding tert-OH is 4. The summed E-state index contributed by atoms with van der Waals surface area (Å²) in [7, 11) is 1.64. The number of rotatable bonds is 4. The molecule has 3 rings (SSSR count). The first-order valence-corrected chi connectivity index (χ1v) is 9.54. The van der Waals surface area contributed by atoms with Gasteiger partial charge in [-0.15, -0.1) is 0 Å². The van der Waals surface area contributed by atoms with Crippen LogP contribution in [0.25, 0.3) is 0 Å². The minimum atomic E-state index is -1.42. The van der Waals surface area contributed by atoms with Gasteiger partial charge in [0.2, 0.25) is 0 Å². The van der Waals surface area contributed by atoms with Gasteiger partial charge < -0.3 is 29.9 Å². The van der Waals surface area contributed by atoms with Gasteiger partial charge in [-0.3, -0.25) is 0 Å². The van der Waals surface area contributed by atoms with Gasteiger partial charge in [0.15, 0.2) is 0 Å². The lowest BCUT2D eigenvalue weighted by molar-refractivity contribution is -0.231. The van der Waals surface area contributed by atoms with E-state index in [0.717, 1.165) is 11.1 Å². The minimum Gasteiger partial charge on any atom is -0.394 e. The predicted molar refractivity (Wildman–Crippen MR) is 110 cm³/mol. The van der Waals surface area contributed by atoms with Crippen molar-refractivity contribution in [2.45, 2.75) is 37.1 Å². The van der Waals surface area contributed by atoms with Crippen molar-refractivity contribution < 1.29 is 29.9 Å². The van der Waals surface area contributed by atoms with E-state index in [1.54, 1.807) is 31.4 Å².